The molecule has 6 heteroatoms. The Kier molecular flexibility index (Phi) is 3.54. The maximum absolute atomic E-state index is 9.25. The van der Waals surface area contributed by atoms with Crippen LogP contribution in [0.4, 0.5) is 28.4 Å². The van der Waals surface area contributed by atoms with Crippen molar-refractivity contribution in [1.82, 2.24) is 5.43 Å². The Labute approximate surface area is 141 Å². The van der Waals surface area contributed by atoms with E-state index in [1.807, 2.05) is 12.1 Å². The van der Waals surface area contributed by atoms with E-state index in [4.69, 9.17) is 5.73 Å². The third kappa shape index (κ3) is 2.54. The van der Waals surface area contributed by atoms with E-state index in [0.717, 1.165) is 24.5 Å². The number of anilines is 4. The molecular formula is C18H19N6. The molecule has 1 fully saturated rings. The zero-order chi connectivity index (χ0) is 16.5. The molecule has 0 aliphatic carbocycles. The molecule has 121 valence electrons. The zero-order valence-corrected chi connectivity index (χ0v) is 13.4. The maximum atomic E-state index is 9.25. The molecule has 6 nitrogen and oxygen atoms in total. The lowest BCUT2D eigenvalue weighted by Gasteiger charge is -2.29. The van der Waals surface area contributed by atoms with E-state index >= 15 is 0 Å². The second-order valence-corrected chi connectivity index (χ2v) is 6.16. The average Bonchev–Trinajstić information content (AvgIpc) is 3.06. The van der Waals surface area contributed by atoms with Crippen molar-refractivity contribution in [3.63, 3.8) is 0 Å². The molecule has 1 saturated heterocycles. The summed E-state index contributed by atoms with van der Waals surface area (Å²) < 4.78 is 0. The lowest BCUT2D eigenvalue weighted by Crippen LogP contribution is -2.30. The molecule has 2 aliphatic rings. The zero-order valence-electron chi connectivity index (χ0n) is 13.4. The van der Waals surface area contributed by atoms with Gasteiger partial charge in [0.1, 0.15) is 11.8 Å². The number of nitrogen functional groups attached to an aromatic ring is 1. The van der Waals surface area contributed by atoms with Crippen molar-refractivity contribution < 1.29 is 0 Å². The van der Waals surface area contributed by atoms with Gasteiger partial charge in [-0.25, -0.2) is 0 Å². The highest BCUT2D eigenvalue weighted by atomic mass is 15.8. The quantitative estimate of drug-likeness (QED) is 0.831. The second kappa shape index (κ2) is 5.85. The first-order chi connectivity index (χ1) is 11.7. The summed E-state index contributed by atoms with van der Waals surface area (Å²) >= 11 is 0. The van der Waals surface area contributed by atoms with E-state index < -0.39 is 0 Å². The van der Waals surface area contributed by atoms with Crippen molar-refractivity contribution in [2.45, 2.75) is 19.3 Å². The molecule has 0 atom stereocenters. The highest BCUT2D eigenvalue weighted by Gasteiger charge is 2.24. The normalized spacial score (nSPS) is 16.1. The predicted octanol–water partition coefficient (Wildman–Crippen LogP) is 3.13. The van der Waals surface area contributed by atoms with Crippen LogP contribution in [0.3, 0.4) is 0 Å². The predicted molar refractivity (Wildman–Crippen MR) is 96.0 cm³/mol. The molecule has 2 aromatic carbocycles. The topological polar surface area (TPSA) is 82.4 Å². The minimum Gasteiger partial charge on any atom is -0.399 e. The molecule has 0 aromatic heterocycles. The summed E-state index contributed by atoms with van der Waals surface area (Å²) in [7, 11) is 0. The number of fused-ring (bicyclic) bond motifs is 1. The van der Waals surface area contributed by atoms with Crippen LogP contribution in [0.1, 0.15) is 24.8 Å². The number of nitriles is 1. The number of hydrazine groups is 1. The van der Waals surface area contributed by atoms with E-state index in [9.17, 15) is 5.26 Å². The Morgan fingerprint density at radius 2 is 1.75 bits per heavy atom. The Morgan fingerprint density at radius 1 is 1.04 bits per heavy atom. The fraction of sp³-hybridized carbons (Fsp3) is 0.278. The van der Waals surface area contributed by atoms with Gasteiger partial charge in [-0.3, -0.25) is 5.43 Å². The number of benzene rings is 2. The summed E-state index contributed by atoms with van der Waals surface area (Å²) in [5, 5.41) is 10.9. The number of hydrogen-bond donors (Lipinski definition) is 2. The first-order valence-corrected chi connectivity index (χ1v) is 8.22. The molecule has 1 radical (unpaired) electrons. The number of rotatable bonds is 2. The molecule has 3 N–H and O–H groups in total. The Bertz CT molecular complexity index is 786. The third-order valence-corrected chi connectivity index (χ3v) is 4.49. The van der Waals surface area contributed by atoms with Crippen LogP contribution in [0.15, 0.2) is 36.4 Å². The van der Waals surface area contributed by atoms with Crippen LogP contribution >= 0.6 is 0 Å². The fourth-order valence-corrected chi connectivity index (χ4v) is 3.25. The summed E-state index contributed by atoms with van der Waals surface area (Å²) in [6, 6.07) is 13.9. The van der Waals surface area contributed by atoms with Crippen LogP contribution in [-0.4, -0.2) is 13.1 Å². The van der Waals surface area contributed by atoms with Crippen molar-refractivity contribution in [3.05, 3.63) is 42.0 Å². The third-order valence-electron chi connectivity index (χ3n) is 4.49. The van der Waals surface area contributed by atoms with Gasteiger partial charge in [0.2, 0.25) is 0 Å². The molecule has 0 bridgehead atoms. The summed E-state index contributed by atoms with van der Waals surface area (Å²) in [6.45, 7) is 2.25. The highest BCUT2D eigenvalue weighted by Crippen LogP contribution is 2.36. The van der Waals surface area contributed by atoms with Gasteiger partial charge in [-0.2, -0.15) is 10.4 Å². The van der Waals surface area contributed by atoms with E-state index in [1.165, 1.54) is 24.9 Å². The Morgan fingerprint density at radius 3 is 2.46 bits per heavy atom. The molecule has 2 aromatic rings. The van der Waals surface area contributed by atoms with Crippen molar-refractivity contribution in [1.29, 1.82) is 5.26 Å². The Hall–Kier alpha value is -3.07. The van der Waals surface area contributed by atoms with Gasteiger partial charge >= 0.3 is 0 Å². The number of nitrogens with one attached hydrogen (secondary N) is 1. The van der Waals surface area contributed by atoms with Crippen LogP contribution in [0.2, 0.25) is 0 Å². The smallest absolute Gasteiger partial charge is 0.128 e. The van der Waals surface area contributed by atoms with E-state index in [2.05, 4.69) is 34.0 Å². The van der Waals surface area contributed by atoms with Crippen molar-refractivity contribution in [3.8, 4) is 6.07 Å². The van der Waals surface area contributed by atoms with Gasteiger partial charge in [-0.05, 0) is 55.7 Å². The van der Waals surface area contributed by atoms with Crippen LogP contribution in [0.5, 0.6) is 0 Å². The second-order valence-electron chi connectivity index (χ2n) is 6.16. The molecule has 0 spiro atoms. The number of nitrogens with two attached hydrogens (primary N) is 1. The Balaban J connectivity index is 1.54. The summed E-state index contributed by atoms with van der Waals surface area (Å²) in [5.74, 6) is 0. The minimum absolute atomic E-state index is 0.477. The summed E-state index contributed by atoms with van der Waals surface area (Å²) in [6.07, 6.45) is 3.85. The van der Waals surface area contributed by atoms with Crippen molar-refractivity contribution in [2.24, 2.45) is 0 Å². The molecule has 2 aliphatic heterocycles. The van der Waals surface area contributed by atoms with Crippen molar-refractivity contribution >= 4 is 28.4 Å². The van der Waals surface area contributed by atoms with E-state index in [0.29, 0.717) is 16.9 Å². The first-order valence-electron chi connectivity index (χ1n) is 8.22. The van der Waals surface area contributed by atoms with E-state index in [-0.39, 0.29) is 0 Å². The first kappa shape index (κ1) is 14.5. The van der Waals surface area contributed by atoms with Crippen LogP contribution < -0.4 is 26.6 Å². The minimum atomic E-state index is 0.477. The number of hydrogen-bond acceptors (Lipinski definition) is 5. The fourth-order valence-electron chi connectivity index (χ4n) is 3.25. The summed E-state index contributed by atoms with van der Waals surface area (Å²) in [4.78, 5) is 2.42. The van der Waals surface area contributed by atoms with E-state index in [1.54, 1.807) is 17.3 Å². The van der Waals surface area contributed by atoms with Gasteiger partial charge in [0.25, 0.3) is 0 Å². The molecule has 4 rings (SSSR count). The lowest BCUT2D eigenvalue weighted by molar-refractivity contribution is 0.578. The molecule has 0 unspecified atom stereocenters. The SMILES string of the molecule is N#Cc1cc(N)cc2c1[N]N(c1ccc(N3CCCCC3)cc1)N2. The van der Waals surface area contributed by atoms with Crippen LogP contribution in [0, 0.1) is 11.3 Å². The number of piperidine rings is 1. The largest absolute Gasteiger partial charge is 0.399 e. The van der Waals surface area contributed by atoms with Crippen LogP contribution in [-0.2, 0) is 0 Å². The van der Waals surface area contributed by atoms with Gasteiger partial charge < -0.3 is 10.6 Å². The molecule has 24 heavy (non-hydrogen) atoms. The molecular weight excluding hydrogens is 300 g/mol. The highest BCUT2D eigenvalue weighted by molar-refractivity contribution is 5.82. The van der Waals surface area contributed by atoms with Gasteiger partial charge in [0, 0.05) is 24.5 Å². The monoisotopic (exact) mass is 319 g/mol. The van der Waals surface area contributed by atoms with Crippen LogP contribution in [0.25, 0.3) is 0 Å². The molecule has 0 saturated carbocycles. The maximum Gasteiger partial charge on any atom is 0.128 e. The van der Waals surface area contributed by atoms with Crippen molar-refractivity contribution in [2.75, 3.05) is 34.3 Å². The standard InChI is InChI=1S/C18H19N6/c19-12-13-10-14(20)11-17-18(13)22-24(21-17)16-6-4-15(5-7-16)23-8-2-1-3-9-23/h4-7,10-11,21H,1-3,8-9,20H2. The van der Waals surface area contributed by atoms with Gasteiger partial charge in [-0.15, -0.1) is 5.43 Å². The van der Waals surface area contributed by atoms with Gasteiger partial charge in [0.05, 0.1) is 16.9 Å². The average molecular weight is 319 g/mol. The summed E-state index contributed by atoms with van der Waals surface area (Å²) in [5.41, 5.74) is 18.1. The molecule has 0 amide bonds. The lowest BCUT2D eigenvalue weighted by atomic mass is 10.1. The molecule has 2 heterocycles. The number of nitrogens with zero attached hydrogens (tertiary/aromatic N) is 4. The van der Waals surface area contributed by atoms with Gasteiger partial charge in [0.15, 0.2) is 0 Å². The van der Waals surface area contributed by atoms with Gasteiger partial charge in [-0.1, -0.05) is 0 Å².